The molecule has 1 fully saturated rings. The van der Waals surface area contributed by atoms with Crippen LogP contribution < -0.4 is 10.1 Å². The van der Waals surface area contributed by atoms with Gasteiger partial charge < -0.3 is 14.8 Å². The molecule has 7 nitrogen and oxygen atoms in total. The Bertz CT molecular complexity index is 765. The molecule has 1 unspecified atom stereocenters. The SMILES string of the molecule is CCC(CC)C(CNC(=O)c1ccn(-c2ccc(OC)cc2)n1)N1CCOCC1. The van der Waals surface area contributed by atoms with Crippen molar-refractivity contribution in [1.29, 1.82) is 0 Å². The zero-order chi connectivity index (χ0) is 20.6. The highest BCUT2D eigenvalue weighted by Crippen LogP contribution is 2.20. The number of amides is 1. The van der Waals surface area contributed by atoms with Gasteiger partial charge >= 0.3 is 0 Å². The van der Waals surface area contributed by atoms with E-state index in [0.717, 1.165) is 50.6 Å². The van der Waals surface area contributed by atoms with Gasteiger partial charge in [-0.1, -0.05) is 26.7 Å². The van der Waals surface area contributed by atoms with Crippen molar-refractivity contribution in [2.24, 2.45) is 5.92 Å². The minimum Gasteiger partial charge on any atom is -0.497 e. The molecular formula is C22H32N4O3. The van der Waals surface area contributed by atoms with E-state index in [-0.39, 0.29) is 5.91 Å². The molecule has 7 heteroatoms. The van der Waals surface area contributed by atoms with E-state index in [1.807, 2.05) is 24.3 Å². The first-order chi connectivity index (χ1) is 14.2. The lowest BCUT2D eigenvalue weighted by atomic mass is 9.92. The Balaban J connectivity index is 1.64. The molecule has 1 amide bonds. The molecule has 2 aromatic rings. The first kappa shape index (κ1) is 21.3. The Morgan fingerprint density at radius 3 is 2.48 bits per heavy atom. The van der Waals surface area contributed by atoms with Gasteiger partial charge in [0.2, 0.25) is 0 Å². The standard InChI is InChI=1S/C22H32N4O3/c1-4-17(5-2)21(25-12-14-29-15-13-25)16-23-22(27)20-10-11-26(24-20)18-6-8-19(28-3)9-7-18/h6-11,17,21H,4-5,12-16H2,1-3H3,(H,23,27). The van der Waals surface area contributed by atoms with Gasteiger partial charge in [-0.15, -0.1) is 0 Å². The van der Waals surface area contributed by atoms with Gasteiger partial charge in [0, 0.05) is 31.9 Å². The van der Waals surface area contributed by atoms with Crippen LogP contribution in [0.1, 0.15) is 37.2 Å². The normalized spacial score (nSPS) is 16.0. The maximum atomic E-state index is 12.7. The van der Waals surface area contributed by atoms with Crippen LogP contribution in [0.4, 0.5) is 0 Å². The summed E-state index contributed by atoms with van der Waals surface area (Å²) in [6.07, 6.45) is 4.00. The van der Waals surface area contributed by atoms with Gasteiger partial charge in [-0.2, -0.15) is 5.10 Å². The van der Waals surface area contributed by atoms with Gasteiger partial charge in [-0.25, -0.2) is 4.68 Å². The number of hydrogen-bond acceptors (Lipinski definition) is 5. The summed E-state index contributed by atoms with van der Waals surface area (Å²) in [6.45, 7) is 8.43. The number of nitrogens with one attached hydrogen (secondary N) is 1. The lowest BCUT2D eigenvalue weighted by Gasteiger charge is -2.38. The van der Waals surface area contributed by atoms with Crippen LogP contribution in [0.15, 0.2) is 36.5 Å². The van der Waals surface area contributed by atoms with Crippen molar-refractivity contribution >= 4 is 5.91 Å². The Labute approximate surface area is 173 Å². The molecule has 3 rings (SSSR count). The fourth-order valence-corrected chi connectivity index (χ4v) is 3.95. The zero-order valence-electron chi connectivity index (χ0n) is 17.6. The van der Waals surface area contributed by atoms with Crippen LogP contribution in [-0.4, -0.2) is 66.6 Å². The van der Waals surface area contributed by atoms with E-state index in [1.165, 1.54) is 0 Å². The van der Waals surface area contributed by atoms with Crippen molar-refractivity contribution in [3.05, 3.63) is 42.2 Å². The minimum atomic E-state index is -0.138. The highest BCUT2D eigenvalue weighted by Gasteiger charge is 2.27. The maximum Gasteiger partial charge on any atom is 0.271 e. The van der Waals surface area contributed by atoms with Crippen molar-refractivity contribution < 1.29 is 14.3 Å². The lowest BCUT2D eigenvalue weighted by molar-refractivity contribution is 0.00190. The molecule has 1 atom stereocenters. The molecule has 1 aromatic heterocycles. The lowest BCUT2D eigenvalue weighted by Crippen LogP contribution is -2.52. The number of methoxy groups -OCH3 is 1. The van der Waals surface area contributed by atoms with Crippen molar-refractivity contribution in [1.82, 2.24) is 20.0 Å². The number of hydrogen-bond donors (Lipinski definition) is 1. The summed E-state index contributed by atoms with van der Waals surface area (Å²) < 4.78 is 12.4. The van der Waals surface area contributed by atoms with Crippen molar-refractivity contribution in [2.75, 3.05) is 40.0 Å². The molecule has 0 spiro atoms. The summed E-state index contributed by atoms with van der Waals surface area (Å²) in [4.78, 5) is 15.2. The molecule has 0 bridgehead atoms. The van der Waals surface area contributed by atoms with E-state index < -0.39 is 0 Å². The molecule has 2 heterocycles. The fourth-order valence-electron chi connectivity index (χ4n) is 3.95. The van der Waals surface area contributed by atoms with E-state index >= 15 is 0 Å². The van der Waals surface area contributed by atoms with Crippen LogP contribution in [0.5, 0.6) is 5.75 Å². The molecule has 158 valence electrons. The summed E-state index contributed by atoms with van der Waals surface area (Å²) in [5, 5.41) is 7.55. The highest BCUT2D eigenvalue weighted by atomic mass is 16.5. The topological polar surface area (TPSA) is 68.6 Å². The maximum absolute atomic E-state index is 12.7. The second-order valence-corrected chi connectivity index (χ2v) is 7.35. The second-order valence-electron chi connectivity index (χ2n) is 7.35. The third-order valence-corrected chi connectivity index (χ3v) is 5.74. The monoisotopic (exact) mass is 400 g/mol. The van der Waals surface area contributed by atoms with Crippen LogP contribution in [-0.2, 0) is 4.74 Å². The summed E-state index contributed by atoms with van der Waals surface area (Å²) in [7, 11) is 1.64. The number of rotatable bonds is 9. The molecule has 1 saturated heterocycles. The number of carbonyl (C=O) groups excluding carboxylic acids is 1. The molecule has 1 aromatic carbocycles. The Kier molecular flexibility index (Phi) is 7.66. The van der Waals surface area contributed by atoms with Crippen molar-refractivity contribution in [2.45, 2.75) is 32.7 Å². The van der Waals surface area contributed by atoms with Crippen molar-refractivity contribution in [3.8, 4) is 11.4 Å². The first-order valence-corrected chi connectivity index (χ1v) is 10.5. The number of aromatic nitrogens is 2. The minimum absolute atomic E-state index is 0.138. The molecule has 1 aliphatic rings. The van der Waals surface area contributed by atoms with Crippen molar-refractivity contribution in [3.63, 3.8) is 0 Å². The third kappa shape index (κ3) is 5.36. The number of ether oxygens (including phenoxy) is 2. The summed E-state index contributed by atoms with van der Waals surface area (Å²) in [5.74, 6) is 1.20. The number of benzene rings is 1. The zero-order valence-corrected chi connectivity index (χ0v) is 17.6. The highest BCUT2D eigenvalue weighted by molar-refractivity contribution is 5.92. The van der Waals surface area contributed by atoms with E-state index in [9.17, 15) is 4.79 Å². The average molecular weight is 401 g/mol. The molecule has 1 aliphatic heterocycles. The van der Waals surface area contributed by atoms with Gasteiger partial charge in [0.25, 0.3) is 5.91 Å². The number of morpholine rings is 1. The van der Waals surface area contributed by atoms with E-state index in [0.29, 0.717) is 24.2 Å². The fraction of sp³-hybridized carbons (Fsp3) is 0.545. The largest absolute Gasteiger partial charge is 0.497 e. The van der Waals surface area contributed by atoms with Gasteiger partial charge in [-0.05, 0) is 36.2 Å². The van der Waals surface area contributed by atoms with Crippen LogP contribution in [0, 0.1) is 5.92 Å². The molecule has 0 radical (unpaired) electrons. The molecular weight excluding hydrogens is 368 g/mol. The van der Waals surface area contributed by atoms with Crippen LogP contribution in [0.2, 0.25) is 0 Å². The van der Waals surface area contributed by atoms with Gasteiger partial charge in [-0.3, -0.25) is 9.69 Å². The molecule has 0 saturated carbocycles. The first-order valence-electron chi connectivity index (χ1n) is 10.5. The quantitative estimate of drug-likeness (QED) is 0.701. The summed E-state index contributed by atoms with van der Waals surface area (Å²) >= 11 is 0. The Hall–Kier alpha value is -2.38. The third-order valence-electron chi connectivity index (χ3n) is 5.74. The predicted octanol–water partition coefficient (Wildman–Crippen LogP) is 2.75. The molecule has 1 N–H and O–H groups in total. The number of nitrogens with zero attached hydrogens (tertiary/aromatic N) is 3. The van der Waals surface area contributed by atoms with Gasteiger partial charge in [0.15, 0.2) is 5.69 Å². The summed E-state index contributed by atoms with van der Waals surface area (Å²) in [5.41, 5.74) is 1.30. The van der Waals surface area contributed by atoms with Crippen LogP contribution >= 0.6 is 0 Å². The van der Waals surface area contributed by atoms with E-state index in [1.54, 1.807) is 24.1 Å². The van der Waals surface area contributed by atoms with Crippen LogP contribution in [0.25, 0.3) is 5.69 Å². The second kappa shape index (κ2) is 10.4. The Morgan fingerprint density at radius 1 is 1.17 bits per heavy atom. The average Bonchev–Trinajstić information content (AvgIpc) is 3.27. The smallest absolute Gasteiger partial charge is 0.271 e. The predicted molar refractivity (Wildman–Crippen MR) is 113 cm³/mol. The van der Waals surface area contributed by atoms with Gasteiger partial charge in [0.1, 0.15) is 5.75 Å². The van der Waals surface area contributed by atoms with E-state index in [2.05, 4.69) is 29.2 Å². The van der Waals surface area contributed by atoms with Gasteiger partial charge in [0.05, 0.1) is 26.0 Å². The van der Waals surface area contributed by atoms with E-state index in [4.69, 9.17) is 9.47 Å². The van der Waals surface area contributed by atoms with Crippen LogP contribution in [0.3, 0.4) is 0 Å². The number of carbonyl (C=O) groups is 1. The molecule has 29 heavy (non-hydrogen) atoms. The summed E-state index contributed by atoms with van der Waals surface area (Å²) in [6, 6.07) is 9.64. The Morgan fingerprint density at radius 2 is 1.86 bits per heavy atom. The molecule has 0 aliphatic carbocycles.